The van der Waals surface area contributed by atoms with Crippen molar-refractivity contribution < 1.29 is 14.3 Å². The molecule has 0 atom stereocenters. The maximum Gasteiger partial charge on any atom is 0.356 e. The molecule has 0 aliphatic heterocycles. The van der Waals surface area contributed by atoms with Crippen molar-refractivity contribution in [2.24, 2.45) is 0 Å². The van der Waals surface area contributed by atoms with Crippen molar-refractivity contribution >= 4 is 23.9 Å². The van der Waals surface area contributed by atoms with Crippen molar-refractivity contribution in [3.8, 4) is 11.8 Å². The summed E-state index contributed by atoms with van der Waals surface area (Å²) in [4.78, 5) is 30.3. The molecule has 0 unspecified atom stereocenters. The Labute approximate surface area is 132 Å². The highest BCUT2D eigenvalue weighted by Crippen LogP contribution is 2.12. The highest BCUT2D eigenvalue weighted by Gasteiger charge is 2.08. The Bertz CT molecular complexity index is 807. The second kappa shape index (κ2) is 6.83. The van der Waals surface area contributed by atoms with Crippen molar-refractivity contribution in [2.45, 2.75) is 6.92 Å². The quantitative estimate of drug-likeness (QED) is 0.368. The minimum Gasteiger partial charge on any atom is -0.464 e. The van der Waals surface area contributed by atoms with Crippen LogP contribution in [-0.4, -0.2) is 29.3 Å². The first kappa shape index (κ1) is 15.7. The van der Waals surface area contributed by atoms with Gasteiger partial charge in [0.15, 0.2) is 6.29 Å². The molecule has 2 heterocycles. The Balaban J connectivity index is 2.37. The zero-order chi connectivity index (χ0) is 16.1. The summed E-state index contributed by atoms with van der Waals surface area (Å²) in [6, 6.07) is 3.04. The van der Waals surface area contributed by atoms with E-state index < -0.39 is 5.97 Å². The highest BCUT2D eigenvalue weighted by molar-refractivity contribution is 6.29. The van der Waals surface area contributed by atoms with Crippen LogP contribution in [0.15, 0.2) is 24.5 Å². The first-order valence-corrected chi connectivity index (χ1v) is 6.60. The van der Waals surface area contributed by atoms with Gasteiger partial charge in [0.05, 0.1) is 12.7 Å². The number of carbonyl (C=O) groups excluding carboxylic acids is 2. The van der Waals surface area contributed by atoms with Crippen LogP contribution in [0.3, 0.4) is 0 Å². The van der Waals surface area contributed by atoms with Crippen molar-refractivity contribution in [3.05, 3.63) is 57.6 Å². The van der Waals surface area contributed by atoms with Crippen molar-refractivity contribution in [2.75, 3.05) is 7.11 Å². The summed E-state index contributed by atoms with van der Waals surface area (Å²) >= 11 is 5.73. The van der Waals surface area contributed by atoms with Crippen molar-refractivity contribution in [1.29, 1.82) is 0 Å². The van der Waals surface area contributed by atoms with Gasteiger partial charge in [0.1, 0.15) is 10.8 Å². The zero-order valence-corrected chi connectivity index (χ0v) is 12.6. The third kappa shape index (κ3) is 3.48. The number of esters is 1. The summed E-state index contributed by atoms with van der Waals surface area (Å²) in [6.45, 7) is 1.80. The summed E-state index contributed by atoms with van der Waals surface area (Å²) < 4.78 is 4.60. The normalized spacial score (nSPS) is 9.59. The highest BCUT2D eigenvalue weighted by atomic mass is 35.5. The number of pyridine rings is 2. The third-order valence-electron chi connectivity index (χ3n) is 2.87. The van der Waals surface area contributed by atoms with Crippen molar-refractivity contribution in [3.63, 3.8) is 0 Å². The Hall–Kier alpha value is -2.71. The second-order valence-corrected chi connectivity index (χ2v) is 4.73. The minimum atomic E-state index is -0.507. The molecule has 2 aromatic rings. The molecule has 110 valence electrons. The molecule has 0 aromatic carbocycles. The van der Waals surface area contributed by atoms with Crippen LogP contribution in [0.4, 0.5) is 0 Å². The molecular formula is C16H11ClN2O3. The summed E-state index contributed by atoms with van der Waals surface area (Å²) in [5, 5.41) is 0.230. The van der Waals surface area contributed by atoms with Crippen LogP contribution in [0.5, 0.6) is 0 Å². The molecule has 5 nitrogen and oxygen atoms in total. The van der Waals surface area contributed by atoms with E-state index in [1.54, 1.807) is 13.0 Å². The SMILES string of the molecule is COC(=O)c1cc(C)c(C#Cc2cnc(Cl)cc2C=O)cn1. The number of methoxy groups -OCH3 is 1. The molecule has 2 rings (SSSR count). The number of nitrogens with zero attached hydrogens (tertiary/aromatic N) is 2. The molecule has 0 fully saturated rings. The average Bonchev–Trinajstić information content (AvgIpc) is 2.53. The lowest BCUT2D eigenvalue weighted by Gasteiger charge is -2.01. The number of hydrogen-bond donors (Lipinski definition) is 0. The predicted octanol–water partition coefficient (Wildman–Crippen LogP) is 2.44. The summed E-state index contributed by atoms with van der Waals surface area (Å²) in [7, 11) is 1.29. The number of aromatic nitrogens is 2. The number of ether oxygens (including phenoxy) is 1. The molecule has 0 spiro atoms. The smallest absolute Gasteiger partial charge is 0.356 e. The lowest BCUT2D eigenvalue weighted by molar-refractivity contribution is 0.0594. The zero-order valence-electron chi connectivity index (χ0n) is 11.9. The fourth-order valence-electron chi connectivity index (χ4n) is 1.68. The summed E-state index contributed by atoms with van der Waals surface area (Å²) in [6.07, 6.45) is 3.59. The van der Waals surface area contributed by atoms with Crippen LogP contribution < -0.4 is 0 Å². The van der Waals surface area contributed by atoms with Gasteiger partial charge in [0, 0.05) is 23.5 Å². The largest absolute Gasteiger partial charge is 0.464 e. The van der Waals surface area contributed by atoms with E-state index >= 15 is 0 Å². The molecule has 0 radical (unpaired) electrons. The van der Waals surface area contributed by atoms with E-state index in [1.807, 2.05) is 0 Å². The molecule has 0 saturated carbocycles. The number of carbonyl (C=O) groups is 2. The standard InChI is InChI=1S/C16H11ClN2O3/c1-10-5-14(16(21)22-2)18-7-11(10)3-4-12-8-19-15(17)6-13(12)9-20/h5-9H,1-2H3. The van der Waals surface area contributed by atoms with E-state index in [0.29, 0.717) is 23.0 Å². The van der Waals surface area contributed by atoms with E-state index in [1.165, 1.54) is 25.6 Å². The van der Waals surface area contributed by atoms with E-state index in [9.17, 15) is 9.59 Å². The first-order valence-electron chi connectivity index (χ1n) is 6.23. The van der Waals surface area contributed by atoms with Gasteiger partial charge in [-0.1, -0.05) is 23.4 Å². The van der Waals surface area contributed by atoms with E-state index in [2.05, 4.69) is 26.5 Å². The lowest BCUT2D eigenvalue weighted by atomic mass is 10.1. The van der Waals surface area contributed by atoms with Crippen LogP contribution >= 0.6 is 11.6 Å². The molecule has 2 aromatic heterocycles. The summed E-state index contributed by atoms with van der Waals surface area (Å²) in [5.74, 6) is 5.25. The second-order valence-electron chi connectivity index (χ2n) is 4.34. The van der Waals surface area contributed by atoms with Gasteiger partial charge >= 0.3 is 5.97 Å². The monoisotopic (exact) mass is 314 g/mol. The minimum absolute atomic E-state index is 0.215. The van der Waals surface area contributed by atoms with E-state index in [4.69, 9.17) is 11.6 Å². The molecule has 0 aliphatic rings. The van der Waals surface area contributed by atoms with Crippen LogP contribution in [0, 0.1) is 18.8 Å². The Morgan fingerprint density at radius 2 is 1.91 bits per heavy atom. The summed E-state index contributed by atoms with van der Waals surface area (Å²) in [5.41, 5.74) is 2.46. The maximum absolute atomic E-state index is 11.4. The van der Waals surface area contributed by atoms with E-state index in [-0.39, 0.29) is 10.8 Å². The fourth-order valence-corrected chi connectivity index (χ4v) is 1.85. The molecule has 0 saturated heterocycles. The number of halogens is 1. The molecule has 0 bridgehead atoms. The Kier molecular flexibility index (Phi) is 4.87. The van der Waals surface area contributed by atoms with Crippen molar-refractivity contribution in [1.82, 2.24) is 9.97 Å². The van der Waals surface area contributed by atoms with Gasteiger partial charge in [-0.15, -0.1) is 0 Å². The topological polar surface area (TPSA) is 69.2 Å². The average molecular weight is 315 g/mol. The fraction of sp³-hybridized carbons (Fsp3) is 0.125. The Morgan fingerprint density at radius 3 is 2.55 bits per heavy atom. The maximum atomic E-state index is 11.4. The van der Waals surface area contributed by atoms with Crippen LogP contribution in [0.25, 0.3) is 0 Å². The molecule has 6 heteroatoms. The van der Waals surface area contributed by atoms with Gasteiger partial charge in [0.25, 0.3) is 0 Å². The number of rotatable bonds is 2. The van der Waals surface area contributed by atoms with Gasteiger partial charge in [0.2, 0.25) is 0 Å². The van der Waals surface area contributed by atoms with Gasteiger partial charge in [-0.3, -0.25) is 4.79 Å². The van der Waals surface area contributed by atoms with Gasteiger partial charge in [-0.25, -0.2) is 14.8 Å². The van der Waals surface area contributed by atoms with E-state index in [0.717, 1.165) is 5.56 Å². The van der Waals surface area contributed by atoms with Crippen LogP contribution in [0.2, 0.25) is 5.15 Å². The molecule has 0 amide bonds. The predicted molar refractivity (Wildman–Crippen MR) is 80.9 cm³/mol. The third-order valence-corrected chi connectivity index (χ3v) is 3.07. The molecule has 0 aliphatic carbocycles. The van der Waals surface area contributed by atoms with Gasteiger partial charge in [-0.2, -0.15) is 0 Å². The van der Waals surface area contributed by atoms with Crippen LogP contribution in [0.1, 0.15) is 37.5 Å². The van der Waals surface area contributed by atoms with Gasteiger partial charge < -0.3 is 4.74 Å². The number of aryl methyl sites for hydroxylation is 1. The first-order chi connectivity index (χ1) is 10.5. The van der Waals surface area contributed by atoms with Gasteiger partial charge in [-0.05, 0) is 24.6 Å². The molecule has 0 N–H and O–H groups in total. The number of hydrogen-bond acceptors (Lipinski definition) is 5. The Morgan fingerprint density at radius 1 is 1.23 bits per heavy atom. The van der Waals surface area contributed by atoms with Crippen LogP contribution in [-0.2, 0) is 4.74 Å². The molecular weight excluding hydrogens is 304 g/mol. The molecule has 22 heavy (non-hydrogen) atoms. The number of aldehydes is 1. The lowest BCUT2D eigenvalue weighted by Crippen LogP contribution is -2.05.